The number of thioether (sulfide) groups is 1. The Morgan fingerprint density at radius 1 is 1.08 bits per heavy atom. The third-order valence-corrected chi connectivity index (χ3v) is 5.08. The molecule has 3 aromatic rings. The third kappa shape index (κ3) is 4.14. The molecule has 0 unspecified atom stereocenters. The van der Waals surface area contributed by atoms with Gasteiger partial charge in [-0.15, -0.1) is 10.2 Å². The molecule has 0 radical (unpaired) electrons. The lowest BCUT2D eigenvalue weighted by Gasteiger charge is -2.13. The highest BCUT2D eigenvalue weighted by Crippen LogP contribution is 2.25. The summed E-state index contributed by atoms with van der Waals surface area (Å²) in [5, 5.41) is 12.2. The normalized spacial score (nSPS) is 10.9. The van der Waals surface area contributed by atoms with Crippen molar-refractivity contribution in [2.24, 2.45) is 7.05 Å². The molecule has 0 aliphatic rings. The highest BCUT2D eigenvalue weighted by molar-refractivity contribution is 7.99. The molecule has 134 valence electrons. The number of amides is 1. The smallest absolute Gasteiger partial charge is 0.234 e. The van der Waals surface area contributed by atoms with E-state index in [4.69, 9.17) is 0 Å². The fourth-order valence-corrected chi connectivity index (χ4v) is 3.42. The van der Waals surface area contributed by atoms with Gasteiger partial charge in [0.1, 0.15) is 0 Å². The molecule has 26 heavy (non-hydrogen) atoms. The Morgan fingerprint density at radius 2 is 1.77 bits per heavy atom. The highest BCUT2D eigenvalue weighted by Gasteiger charge is 2.14. The van der Waals surface area contributed by atoms with E-state index < -0.39 is 0 Å². The van der Waals surface area contributed by atoms with E-state index in [-0.39, 0.29) is 11.7 Å². The molecule has 5 nitrogen and oxygen atoms in total. The maximum atomic E-state index is 12.4. The number of nitrogens with one attached hydrogen (secondary N) is 1. The van der Waals surface area contributed by atoms with Gasteiger partial charge >= 0.3 is 0 Å². The van der Waals surface area contributed by atoms with Gasteiger partial charge in [0.25, 0.3) is 0 Å². The van der Waals surface area contributed by atoms with Crippen molar-refractivity contribution >= 4 is 23.4 Å². The molecule has 1 amide bonds. The van der Waals surface area contributed by atoms with Crippen LogP contribution in [-0.2, 0) is 11.8 Å². The summed E-state index contributed by atoms with van der Waals surface area (Å²) in [5.74, 6) is 1.38. The molecule has 0 atom stereocenters. The molecule has 0 aliphatic carbocycles. The van der Waals surface area contributed by atoms with E-state index in [1.54, 1.807) is 0 Å². The summed E-state index contributed by atoms with van der Waals surface area (Å²) in [5.41, 5.74) is 3.01. The predicted octanol–water partition coefficient (Wildman–Crippen LogP) is 4.34. The number of anilines is 1. The largest absolute Gasteiger partial charge is 0.325 e. The molecule has 1 aromatic heterocycles. The molecule has 0 saturated heterocycles. The Bertz CT molecular complexity index is 890. The van der Waals surface area contributed by atoms with Gasteiger partial charge < -0.3 is 9.88 Å². The lowest BCUT2D eigenvalue weighted by Crippen LogP contribution is -2.16. The first kappa shape index (κ1) is 18.2. The van der Waals surface area contributed by atoms with E-state index in [1.165, 1.54) is 11.8 Å². The van der Waals surface area contributed by atoms with Gasteiger partial charge in [-0.25, -0.2) is 0 Å². The molecule has 6 heteroatoms. The van der Waals surface area contributed by atoms with E-state index in [0.717, 1.165) is 27.8 Å². The van der Waals surface area contributed by atoms with E-state index in [1.807, 2.05) is 66.2 Å². The maximum Gasteiger partial charge on any atom is 0.234 e. The van der Waals surface area contributed by atoms with Crippen molar-refractivity contribution in [3.05, 3.63) is 60.2 Å². The van der Waals surface area contributed by atoms with Crippen LogP contribution in [0.2, 0.25) is 0 Å². The van der Waals surface area contributed by atoms with Gasteiger partial charge in [-0.05, 0) is 17.5 Å². The summed E-state index contributed by atoms with van der Waals surface area (Å²) < 4.78 is 1.91. The van der Waals surface area contributed by atoms with Crippen LogP contribution in [0.3, 0.4) is 0 Å². The summed E-state index contributed by atoms with van der Waals surface area (Å²) >= 11 is 1.38. The molecule has 0 fully saturated rings. The zero-order valence-corrected chi connectivity index (χ0v) is 16.0. The average molecular weight is 366 g/mol. The van der Waals surface area contributed by atoms with Crippen LogP contribution < -0.4 is 5.32 Å². The van der Waals surface area contributed by atoms with E-state index >= 15 is 0 Å². The van der Waals surface area contributed by atoms with Crippen LogP contribution in [-0.4, -0.2) is 26.4 Å². The first-order valence-electron chi connectivity index (χ1n) is 8.52. The highest BCUT2D eigenvalue weighted by atomic mass is 32.2. The van der Waals surface area contributed by atoms with E-state index in [0.29, 0.717) is 5.92 Å². The van der Waals surface area contributed by atoms with Crippen LogP contribution in [0, 0.1) is 0 Å². The molecule has 1 N–H and O–H groups in total. The van der Waals surface area contributed by atoms with Crippen LogP contribution in [0.1, 0.15) is 25.3 Å². The first-order chi connectivity index (χ1) is 12.6. The van der Waals surface area contributed by atoms with Crippen molar-refractivity contribution in [1.29, 1.82) is 0 Å². The summed E-state index contributed by atoms with van der Waals surface area (Å²) in [6.07, 6.45) is 0. The number of carbonyl (C=O) groups is 1. The molecule has 0 saturated carbocycles. The number of rotatable bonds is 6. The van der Waals surface area contributed by atoms with Crippen LogP contribution in [0.4, 0.5) is 5.69 Å². The molecule has 3 rings (SSSR count). The van der Waals surface area contributed by atoms with Crippen molar-refractivity contribution < 1.29 is 4.79 Å². The van der Waals surface area contributed by atoms with Gasteiger partial charge in [0.15, 0.2) is 11.0 Å². The van der Waals surface area contributed by atoms with Gasteiger partial charge in [-0.2, -0.15) is 0 Å². The Labute approximate surface area is 157 Å². The van der Waals surface area contributed by atoms with Gasteiger partial charge in [0, 0.05) is 18.3 Å². The summed E-state index contributed by atoms with van der Waals surface area (Å²) in [7, 11) is 1.91. The Hall–Kier alpha value is -2.60. The monoisotopic (exact) mass is 366 g/mol. The van der Waals surface area contributed by atoms with Crippen molar-refractivity contribution in [1.82, 2.24) is 14.8 Å². The second kappa shape index (κ2) is 8.19. The van der Waals surface area contributed by atoms with Crippen LogP contribution >= 0.6 is 11.8 Å². The molecule has 0 aliphatic heterocycles. The van der Waals surface area contributed by atoms with E-state index in [9.17, 15) is 4.79 Å². The van der Waals surface area contributed by atoms with Gasteiger partial charge in [0.05, 0.1) is 5.75 Å². The topological polar surface area (TPSA) is 59.8 Å². The second-order valence-electron chi connectivity index (χ2n) is 6.31. The van der Waals surface area contributed by atoms with Crippen LogP contribution in [0.15, 0.2) is 59.8 Å². The summed E-state index contributed by atoms with van der Waals surface area (Å²) in [6.45, 7) is 4.23. The van der Waals surface area contributed by atoms with Crippen molar-refractivity contribution in [3.8, 4) is 11.4 Å². The SMILES string of the molecule is CC(C)c1ccccc1NC(=O)CSc1nnc(-c2ccccc2)n1C. The summed E-state index contributed by atoms with van der Waals surface area (Å²) in [6, 6.07) is 17.8. The minimum absolute atomic E-state index is 0.0487. The number of hydrogen-bond donors (Lipinski definition) is 1. The number of aromatic nitrogens is 3. The molecule has 2 aromatic carbocycles. The minimum Gasteiger partial charge on any atom is -0.325 e. The lowest BCUT2D eigenvalue weighted by atomic mass is 10.0. The van der Waals surface area contributed by atoms with Gasteiger partial charge in [0.2, 0.25) is 5.91 Å². The zero-order chi connectivity index (χ0) is 18.5. The van der Waals surface area contributed by atoms with Crippen LogP contribution in [0.5, 0.6) is 0 Å². The number of benzene rings is 2. The summed E-state index contributed by atoms with van der Waals surface area (Å²) in [4.78, 5) is 12.4. The lowest BCUT2D eigenvalue weighted by molar-refractivity contribution is -0.113. The number of carbonyl (C=O) groups excluding carboxylic acids is 1. The zero-order valence-electron chi connectivity index (χ0n) is 15.1. The van der Waals surface area contributed by atoms with Gasteiger partial charge in [-0.1, -0.05) is 74.1 Å². The minimum atomic E-state index is -0.0487. The number of para-hydroxylation sites is 1. The average Bonchev–Trinajstić information content (AvgIpc) is 3.01. The van der Waals surface area contributed by atoms with Crippen molar-refractivity contribution in [2.75, 3.05) is 11.1 Å². The molecule has 0 bridgehead atoms. The number of nitrogens with zero attached hydrogens (tertiary/aromatic N) is 3. The Morgan fingerprint density at radius 3 is 2.50 bits per heavy atom. The molecular weight excluding hydrogens is 344 g/mol. The molecule has 0 spiro atoms. The van der Waals surface area contributed by atoms with Crippen molar-refractivity contribution in [2.45, 2.75) is 24.9 Å². The fraction of sp³-hybridized carbons (Fsp3) is 0.250. The second-order valence-corrected chi connectivity index (χ2v) is 7.25. The standard InChI is InChI=1S/C20H22N4OS/c1-14(2)16-11-7-8-12-17(16)21-18(25)13-26-20-23-22-19(24(20)3)15-9-5-4-6-10-15/h4-12,14H,13H2,1-3H3,(H,21,25). The number of hydrogen-bond acceptors (Lipinski definition) is 4. The maximum absolute atomic E-state index is 12.4. The Balaban J connectivity index is 1.65. The third-order valence-electron chi connectivity index (χ3n) is 4.06. The first-order valence-corrected chi connectivity index (χ1v) is 9.51. The Kier molecular flexibility index (Phi) is 5.73. The molecular formula is C20H22N4OS. The fourth-order valence-electron chi connectivity index (χ4n) is 2.71. The predicted molar refractivity (Wildman–Crippen MR) is 106 cm³/mol. The van der Waals surface area contributed by atoms with Gasteiger partial charge in [-0.3, -0.25) is 4.79 Å². The van der Waals surface area contributed by atoms with E-state index in [2.05, 4.69) is 29.4 Å². The quantitative estimate of drug-likeness (QED) is 0.660. The van der Waals surface area contributed by atoms with Crippen LogP contribution in [0.25, 0.3) is 11.4 Å². The van der Waals surface area contributed by atoms with Crippen molar-refractivity contribution in [3.63, 3.8) is 0 Å². The molecule has 1 heterocycles.